The van der Waals surface area contributed by atoms with E-state index in [2.05, 4.69) is 15.2 Å². The van der Waals surface area contributed by atoms with Gasteiger partial charge in [-0.2, -0.15) is 0 Å². The fourth-order valence-electron chi connectivity index (χ4n) is 2.86. The van der Waals surface area contributed by atoms with E-state index in [9.17, 15) is 4.79 Å². The van der Waals surface area contributed by atoms with Gasteiger partial charge in [-0.3, -0.25) is 9.69 Å². The maximum atomic E-state index is 13.0. The van der Waals surface area contributed by atoms with Crippen molar-refractivity contribution in [3.8, 4) is 0 Å². The van der Waals surface area contributed by atoms with Crippen LogP contribution in [0.25, 0.3) is 0 Å². The van der Waals surface area contributed by atoms with Crippen LogP contribution in [0, 0.1) is 6.92 Å². The maximum Gasteiger partial charge on any atom is 0.247 e. The first kappa shape index (κ1) is 18.1. The van der Waals surface area contributed by atoms with Gasteiger partial charge >= 0.3 is 0 Å². The van der Waals surface area contributed by atoms with E-state index in [1.807, 2.05) is 19.1 Å². The van der Waals surface area contributed by atoms with E-state index in [0.717, 1.165) is 11.1 Å². The number of aryl methyl sites for hydroxylation is 1. The third-order valence-electron chi connectivity index (χ3n) is 4.08. The molecule has 5 nitrogen and oxygen atoms in total. The molecule has 25 heavy (non-hydrogen) atoms. The molecule has 132 valence electrons. The second-order valence-corrected chi connectivity index (χ2v) is 6.77. The molecule has 1 N–H and O–H groups in total. The van der Waals surface area contributed by atoms with Crippen LogP contribution in [0.5, 0.6) is 0 Å². The summed E-state index contributed by atoms with van der Waals surface area (Å²) in [6, 6.07) is 8.38. The summed E-state index contributed by atoms with van der Waals surface area (Å²) in [4.78, 5) is 19.3. The zero-order valence-electron chi connectivity index (χ0n) is 13.8. The number of anilines is 1. The molecule has 0 unspecified atom stereocenters. The van der Waals surface area contributed by atoms with Crippen LogP contribution in [0.1, 0.15) is 17.2 Å². The molecule has 2 heterocycles. The molecule has 1 amide bonds. The molecule has 1 aromatic heterocycles. The number of nitrogens with one attached hydrogen (secondary N) is 1. The van der Waals surface area contributed by atoms with Crippen LogP contribution in [0.2, 0.25) is 10.0 Å². The van der Waals surface area contributed by atoms with Crippen molar-refractivity contribution in [2.24, 2.45) is 0 Å². The first-order chi connectivity index (χ1) is 12.0. The first-order valence-corrected chi connectivity index (χ1v) is 8.80. The van der Waals surface area contributed by atoms with Gasteiger partial charge in [0, 0.05) is 29.3 Å². The first-order valence-electron chi connectivity index (χ1n) is 8.05. The normalized spacial score (nSPS) is 16.4. The predicted molar refractivity (Wildman–Crippen MR) is 99.2 cm³/mol. The number of halogens is 2. The summed E-state index contributed by atoms with van der Waals surface area (Å²) in [5.41, 5.74) is 1.75. The number of morpholine rings is 1. The van der Waals surface area contributed by atoms with Crippen LogP contribution >= 0.6 is 23.2 Å². The lowest BCUT2D eigenvalue weighted by atomic mass is 10.0. The summed E-state index contributed by atoms with van der Waals surface area (Å²) >= 11 is 12.4. The second-order valence-electron chi connectivity index (χ2n) is 5.92. The highest BCUT2D eigenvalue weighted by Gasteiger charge is 2.31. The van der Waals surface area contributed by atoms with Crippen LogP contribution < -0.4 is 5.32 Å². The summed E-state index contributed by atoms with van der Waals surface area (Å²) in [5, 5.41) is 3.90. The molecule has 1 aromatic carbocycles. The highest BCUT2D eigenvalue weighted by atomic mass is 35.5. The minimum atomic E-state index is -0.532. The molecule has 0 saturated carbocycles. The molecule has 1 fully saturated rings. The highest BCUT2D eigenvalue weighted by Crippen LogP contribution is 2.31. The number of pyridine rings is 1. The number of hydrogen-bond acceptors (Lipinski definition) is 4. The van der Waals surface area contributed by atoms with Gasteiger partial charge in [0.05, 0.1) is 13.2 Å². The van der Waals surface area contributed by atoms with Gasteiger partial charge in [0.25, 0.3) is 0 Å². The van der Waals surface area contributed by atoms with Gasteiger partial charge in [0.15, 0.2) is 0 Å². The van der Waals surface area contributed by atoms with E-state index in [4.69, 9.17) is 27.9 Å². The lowest BCUT2D eigenvalue weighted by Crippen LogP contribution is -2.44. The molecule has 0 bridgehead atoms. The Labute approximate surface area is 156 Å². The van der Waals surface area contributed by atoms with Gasteiger partial charge in [0.2, 0.25) is 5.91 Å². The number of hydrogen-bond donors (Lipinski definition) is 1. The Balaban J connectivity index is 1.91. The number of carbonyl (C=O) groups is 1. The Kier molecular flexibility index (Phi) is 5.91. The summed E-state index contributed by atoms with van der Waals surface area (Å²) < 4.78 is 5.41. The van der Waals surface area contributed by atoms with Crippen LogP contribution in [0.15, 0.2) is 36.5 Å². The summed E-state index contributed by atoms with van der Waals surface area (Å²) in [5.74, 6) is 0.345. The van der Waals surface area contributed by atoms with Gasteiger partial charge in [-0.25, -0.2) is 4.98 Å². The second kappa shape index (κ2) is 8.15. The zero-order chi connectivity index (χ0) is 17.8. The van der Waals surface area contributed by atoms with Crippen molar-refractivity contribution in [1.29, 1.82) is 0 Å². The monoisotopic (exact) mass is 379 g/mol. The quantitative estimate of drug-likeness (QED) is 0.879. The molecule has 2 aromatic rings. The van der Waals surface area contributed by atoms with Crippen molar-refractivity contribution in [2.75, 3.05) is 31.6 Å². The maximum absolute atomic E-state index is 13.0. The smallest absolute Gasteiger partial charge is 0.247 e. The Bertz CT molecular complexity index is 764. The van der Waals surface area contributed by atoms with E-state index in [0.29, 0.717) is 42.2 Å². The molecule has 3 rings (SSSR count). The number of rotatable bonds is 4. The van der Waals surface area contributed by atoms with Crippen molar-refractivity contribution in [2.45, 2.75) is 13.0 Å². The number of aromatic nitrogens is 1. The Morgan fingerprint density at radius 1 is 1.24 bits per heavy atom. The van der Waals surface area contributed by atoms with Crippen molar-refractivity contribution in [3.63, 3.8) is 0 Å². The molecule has 1 saturated heterocycles. The largest absolute Gasteiger partial charge is 0.379 e. The van der Waals surface area contributed by atoms with Crippen molar-refractivity contribution in [1.82, 2.24) is 9.88 Å². The molecule has 1 aliphatic heterocycles. The fraction of sp³-hybridized carbons (Fsp3) is 0.333. The predicted octanol–water partition coefficient (Wildman–Crippen LogP) is 3.71. The number of ether oxygens (including phenoxy) is 1. The number of carbonyl (C=O) groups excluding carboxylic acids is 1. The van der Waals surface area contributed by atoms with Crippen LogP contribution in [-0.2, 0) is 9.53 Å². The number of amides is 1. The summed E-state index contributed by atoms with van der Waals surface area (Å²) in [6.07, 6.45) is 1.67. The third kappa shape index (κ3) is 4.50. The standard InChI is InChI=1S/C18H19Cl2N3O2/c1-12-4-5-21-16(10-12)22-18(24)17(23-6-8-25-9-7-23)14-3-2-13(19)11-15(14)20/h2-5,10-11,17H,6-9H2,1H3,(H,21,22,24)/t17-/m0/s1. The molecule has 0 radical (unpaired) electrons. The topological polar surface area (TPSA) is 54.5 Å². The lowest BCUT2D eigenvalue weighted by Gasteiger charge is -2.34. The van der Waals surface area contributed by atoms with E-state index in [-0.39, 0.29) is 5.91 Å². The van der Waals surface area contributed by atoms with Gasteiger partial charge < -0.3 is 10.1 Å². The molecule has 1 atom stereocenters. The van der Waals surface area contributed by atoms with Crippen LogP contribution in [-0.4, -0.2) is 42.1 Å². The SMILES string of the molecule is Cc1ccnc(NC(=O)[C@H](c2ccc(Cl)cc2Cl)N2CCOCC2)c1. The van der Waals surface area contributed by atoms with Gasteiger partial charge in [-0.05, 0) is 42.3 Å². The summed E-state index contributed by atoms with van der Waals surface area (Å²) in [7, 11) is 0. The molecule has 7 heteroatoms. The third-order valence-corrected chi connectivity index (χ3v) is 4.65. The van der Waals surface area contributed by atoms with Crippen LogP contribution in [0.3, 0.4) is 0 Å². The molecular weight excluding hydrogens is 361 g/mol. The Hall–Kier alpha value is -1.66. The molecule has 0 aliphatic carbocycles. The highest BCUT2D eigenvalue weighted by molar-refractivity contribution is 6.35. The summed E-state index contributed by atoms with van der Waals surface area (Å²) in [6.45, 7) is 4.42. The lowest BCUT2D eigenvalue weighted by molar-refractivity contribution is -0.123. The van der Waals surface area contributed by atoms with Gasteiger partial charge in [-0.1, -0.05) is 29.3 Å². The molecular formula is C18H19Cl2N3O2. The van der Waals surface area contributed by atoms with E-state index >= 15 is 0 Å². The van der Waals surface area contributed by atoms with E-state index in [1.165, 1.54) is 0 Å². The Morgan fingerprint density at radius 3 is 2.68 bits per heavy atom. The Morgan fingerprint density at radius 2 is 2.00 bits per heavy atom. The molecule has 0 spiro atoms. The van der Waals surface area contributed by atoms with Gasteiger partial charge in [0.1, 0.15) is 11.9 Å². The van der Waals surface area contributed by atoms with E-state index in [1.54, 1.807) is 24.4 Å². The number of benzene rings is 1. The molecule has 1 aliphatic rings. The number of nitrogens with zero attached hydrogens (tertiary/aromatic N) is 2. The zero-order valence-corrected chi connectivity index (χ0v) is 15.3. The minimum absolute atomic E-state index is 0.177. The van der Waals surface area contributed by atoms with E-state index < -0.39 is 6.04 Å². The van der Waals surface area contributed by atoms with Crippen molar-refractivity contribution in [3.05, 3.63) is 57.7 Å². The minimum Gasteiger partial charge on any atom is -0.379 e. The van der Waals surface area contributed by atoms with Crippen LogP contribution in [0.4, 0.5) is 5.82 Å². The average Bonchev–Trinajstić information content (AvgIpc) is 2.58. The van der Waals surface area contributed by atoms with Gasteiger partial charge in [-0.15, -0.1) is 0 Å². The van der Waals surface area contributed by atoms with Crippen molar-refractivity contribution < 1.29 is 9.53 Å². The fourth-order valence-corrected chi connectivity index (χ4v) is 3.37. The van der Waals surface area contributed by atoms with Crippen molar-refractivity contribution >= 4 is 34.9 Å². The average molecular weight is 380 g/mol.